The van der Waals surface area contributed by atoms with Gasteiger partial charge in [0, 0.05) is 0 Å². The maximum atomic E-state index is 2.90. The molecule has 0 aromatic carbocycles. The van der Waals surface area contributed by atoms with Crippen molar-refractivity contribution < 1.29 is 0 Å². The van der Waals surface area contributed by atoms with Crippen LogP contribution in [-0.2, 0) is 0 Å². The van der Waals surface area contributed by atoms with Crippen molar-refractivity contribution in [2.75, 3.05) is 0 Å². The maximum Gasteiger partial charge on any atom is -0.124 e. The minimum Gasteiger partial charge on any atom is -0.304 e. The van der Waals surface area contributed by atoms with Gasteiger partial charge in [-0.25, -0.2) is 6.07 Å². The van der Waals surface area contributed by atoms with Gasteiger partial charge >= 0.3 is 0 Å². The highest BCUT2D eigenvalue weighted by molar-refractivity contribution is 7.07. The van der Waals surface area contributed by atoms with Crippen molar-refractivity contribution in [3.05, 3.63) is 22.9 Å². The van der Waals surface area contributed by atoms with E-state index in [4.69, 9.17) is 0 Å². The molecule has 0 saturated carbocycles. The standard InChI is InChI=1S/C4H3S/c1-2-4-5-3-1/h1-3H/q-1. The smallest absolute Gasteiger partial charge is 0.124 e. The summed E-state index contributed by atoms with van der Waals surface area (Å²) in [6.45, 7) is 0. The third-order valence-corrected chi connectivity index (χ3v) is 0.944. The Hall–Kier alpha value is -0.300. The molecule has 1 rings (SSSR count). The highest BCUT2D eigenvalue weighted by Gasteiger charge is 1.44. The van der Waals surface area contributed by atoms with Gasteiger partial charge in [-0.15, -0.1) is 5.38 Å². The van der Waals surface area contributed by atoms with Crippen LogP contribution >= 0.6 is 11.3 Å². The quantitative estimate of drug-likeness (QED) is 0.417. The van der Waals surface area contributed by atoms with Crippen LogP contribution in [0.1, 0.15) is 0 Å². The SMILES string of the molecule is [c-]1cccs1. The van der Waals surface area contributed by atoms with Crippen LogP contribution in [0.2, 0.25) is 0 Å². The number of rotatable bonds is 0. The molecule has 0 aliphatic heterocycles. The van der Waals surface area contributed by atoms with Gasteiger partial charge in [0.15, 0.2) is 0 Å². The first-order chi connectivity index (χ1) is 2.50. The lowest BCUT2D eigenvalue weighted by molar-refractivity contribution is 2.01. The van der Waals surface area contributed by atoms with E-state index >= 15 is 0 Å². The van der Waals surface area contributed by atoms with Gasteiger partial charge in [0.1, 0.15) is 0 Å². The van der Waals surface area contributed by atoms with Crippen molar-refractivity contribution in [1.29, 1.82) is 0 Å². The molecular formula is C4H3S-. The fourth-order valence-corrected chi connectivity index (χ4v) is 0.589. The summed E-state index contributed by atoms with van der Waals surface area (Å²) in [6, 6.07) is 3.86. The van der Waals surface area contributed by atoms with E-state index in [1.54, 1.807) is 11.3 Å². The van der Waals surface area contributed by atoms with Gasteiger partial charge < -0.3 is 11.3 Å². The van der Waals surface area contributed by atoms with E-state index in [1.165, 1.54) is 0 Å². The fourth-order valence-electron chi connectivity index (χ4n) is 0.196. The molecule has 1 aromatic heterocycles. The second-order valence-electron chi connectivity index (χ2n) is 0.731. The van der Waals surface area contributed by atoms with Crippen LogP contribution in [0.25, 0.3) is 0 Å². The lowest BCUT2D eigenvalue weighted by Gasteiger charge is -1.54. The molecule has 0 bridgehead atoms. The first kappa shape index (κ1) is 2.91. The summed E-state index contributed by atoms with van der Waals surface area (Å²) in [5, 5.41) is 4.89. The largest absolute Gasteiger partial charge is 0.304 e. The molecule has 0 aliphatic carbocycles. The van der Waals surface area contributed by atoms with Gasteiger partial charge in [-0.05, 0) is 0 Å². The second kappa shape index (κ2) is 1.22. The van der Waals surface area contributed by atoms with E-state index in [0.717, 1.165) is 0 Å². The van der Waals surface area contributed by atoms with Crippen LogP contribution in [0.3, 0.4) is 0 Å². The van der Waals surface area contributed by atoms with Crippen LogP contribution < -0.4 is 0 Å². The first-order valence-corrected chi connectivity index (χ1v) is 2.27. The third-order valence-electron chi connectivity index (χ3n) is 0.379. The van der Waals surface area contributed by atoms with Gasteiger partial charge in [0.25, 0.3) is 0 Å². The van der Waals surface area contributed by atoms with Gasteiger partial charge in [-0.2, -0.15) is 11.4 Å². The molecule has 0 atom stereocenters. The Kier molecular flexibility index (Phi) is 0.711. The van der Waals surface area contributed by atoms with Gasteiger partial charge in [0.2, 0.25) is 0 Å². The first-order valence-electron chi connectivity index (χ1n) is 1.40. The maximum absolute atomic E-state index is 2.90. The molecule has 0 nitrogen and oxygen atoms in total. The second-order valence-corrected chi connectivity index (χ2v) is 1.47. The zero-order chi connectivity index (χ0) is 3.54. The van der Waals surface area contributed by atoms with Gasteiger partial charge in [-0.1, -0.05) is 0 Å². The minimum atomic E-state index is 1.59. The average Bonchev–Trinajstić information content (AvgIpc) is 1.76. The fraction of sp³-hybridized carbons (Fsp3) is 0. The van der Waals surface area contributed by atoms with Crippen molar-refractivity contribution in [2.24, 2.45) is 0 Å². The summed E-state index contributed by atoms with van der Waals surface area (Å²) in [7, 11) is 0. The average molecular weight is 83.1 g/mol. The summed E-state index contributed by atoms with van der Waals surface area (Å²) < 4.78 is 0. The van der Waals surface area contributed by atoms with E-state index in [1.807, 2.05) is 17.5 Å². The summed E-state index contributed by atoms with van der Waals surface area (Å²) in [5.41, 5.74) is 0. The summed E-state index contributed by atoms with van der Waals surface area (Å²) in [5.74, 6) is 0. The third kappa shape index (κ3) is 0.484. The molecule has 26 valence electrons. The van der Waals surface area contributed by atoms with Crippen LogP contribution in [0.15, 0.2) is 17.5 Å². The minimum absolute atomic E-state index is 1.59. The number of hydrogen-bond acceptors (Lipinski definition) is 1. The molecule has 0 amide bonds. The van der Waals surface area contributed by atoms with E-state index in [0.29, 0.717) is 0 Å². The molecule has 0 saturated heterocycles. The van der Waals surface area contributed by atoms with E-state index < -0.39 is 0 Å². The molecule has 5 heavy (non-hydrogen) atoms. The van der Waals surface area contributed by atoms with Crippen molar-refractivity contribution >= 4 is 11.3 Å². The van der Waals surface area contributed by atoms with Crippen molar-refractivity contribution in [3.8, 4) is 0 Å². The van der Waals surface area contributed by atoms with Crippen LogP contribution in [0, 0.1) is 5.38 Å². The van der Waals surface area contributed by atoms with Crippen molar-refractivity contribution in [2.45, 2.75) is 0 Å². The highest BCUT2D eigenvalue weighted by atomic mass is 32.1. The van der Waals surface area contributed by atoms with Crippen LogP contribution in [0.4, 0.5) is 0 Å². The van der Waals surface area contributed by atoms with Crippen LogP contribution in [-0.4, -0.2) is 0 Å². The predicted molar refractivity (Wildman–Crippen MR) is 23.2 cm³/mol. The Morgan fingerprint density at radius 2 is 2.60 bits per heavy atom. The number of hydrogen-bond donors (Lipinski definition) is 0. The van der Waals surface area contributed by atoms with Crippen molar-refractivity contribution in [1.82, 2.24) is 0 Å². The molecule has 0 spiro atoms. The molecule has 0 radical (unpaired) electrons. The summed E-state index contributed by atoms with van der Waals surface area (Å²) in [6.07, 6.45) is 0. The molecule has 0 fully saturated rings. The monoisotopic (exact) mass is 83.0 g/mol. The summed E-state index contributed by atoms with van der Waals surface area (Å²) in [4.78, 5) is 0. The van der Waals surface area contributed by atoms with E-state index in [2.05, 4.69) is 5.38 Å². The topological polar surface area (TPSA) is 0 Å². The number of thiophene rings is 1. The van der Waals surface area contributed by atoms with Crippen molar-refractivity contribution in [3.63, 3.8) is 0 Å². The Balaban J connectivity index is 3.13. The molecule has 1 aromatic rings. The lowest BCUT2D eigenvalue weighted by Crippen LogP contribution is -1.17. The Morgan fingerprint density at radius 3 is 2.80 bits per heavy atom. The van der Waals surface area contributed by atoms with E-state index in [9.17, 15) is 0 Å². The molecule has 0 aliphatic rings. The normalized spacial score (nSPS) is 8.00. The molecule has 1 heterocycles. The molecule has 1 heteroatoms. The van der Waals surface area contributed by atoms with E-state index in [-0.39, 0.29) is 0 Å². The molecule has 0 unspecified atom stereocenters. The molecule has 0 N–H and O–H groups in total. The Morgan fingerprint density at radius 1 is 1.60 bits per heavy atom. The summed E-state index contributed by atoms with van der Waals surface area (Å²) >= 11 is 1.59. The molecular weight excluding hydrogens is 80.1 g/mol. The zero-order valence-corrected chi connectivity index (χ0v) is 3.46. The Bertz CT molecular complexity index is 60.1. The zero-order valence-electron chi connectivity index (χ0n) is 2.64. The predicted octanol–water partition coefficient (Wildman–Crippen LogP) is 1.55. The van der Waals surface area contributed by atoms with Crippen LogP contribution in [0.5, 0.6) is 0 Å². The highest BCUT2D eigenvalue weighted by Crippen LogP contribution is 1.90. The van der Waals surface area contributed by atoms with Gasteiger partial charge in [0.05, 0.1) is 0 Å². The lowest BCUT2D eigenvalue weighted by atomic mass is 10.7. The Labute approximate surface area is 35.1 Å². The van der Waals surface area contributed by atoms with Gasteiger partial charge in [-0.3, -0.25) is 0 Å².